The maximum atomic E-state index is 5.87. The molecule has 1 nitrogen and oxygen atoms in total. The molecule has 2 heteroatoms. The van der Waals surface area contributed by atoms with Crippen molar-refractivity contribution in [1.29, 1.82) is 0 Å². The first kappa shape index (κ1) is 20.9. The van der Waals surface area contributed by atoms with Gasteiger partial charge in [0.2, 0.25) is 0 Å². The molecule has 0 N–H and O–H groups in total. The van der Waals surface area contributed by atoms with Gasteiger partial charge in [0, 0.05) is 5.56 Å². The minimum Gasteiger partial charge on any atom is -0.375 e. The molecular formula is C22H34OS. The third-order valence-corrected chi connectivity index (χ3v) is 4.27. The highest BCUT2D eigenvalue weighted by Gasteiger charge is 2.13. The van der Waals surface area contributed by atoms with Crippen molar-refractivity contribution in [3.8, 4) is 11.2 Å². The highest BCUT2D eigenvalue weighted by molar-refractivity contribution is 8.35. The van der Waals surface area contributed by atoms with Crippen molar-refractivity contribution < 1.29 is 4.74 Å². The quantitative estimate of drug-likeness (QED) is 0.459. The SMILES string of the molecule is C=CC(CCCc1ccc(C#CS(C)(C)C)cc1)COC(C)(C)C. The number of hydrogen-bond donors (Lipinski definition) is 0. The summed E-state index contributed by atoms with van der Waals surface area (Å²) in [6.45, 7) is 11.0. The van der Waals surface area contributed by atoms with E-state index < -0.39 is 10.0 Å². The largest absolute Gasteiger partial charge is 0.375 e. The van der Waals surface area contributed by atoms with Crippen molar-refractivity contribution >= 4 is 10.0 Å². The molecule has 0 aliphatic carbocycles. The Labute approximate surface area is 151 Å². The predicted octanol–water partition coefficient (Wildman–Crippen LogP) is 5.63. The van der Waals surface area contributed by atoms with Gasteiger partial charge < -0.3 is 4.74 Å². The summed E-state index contributed by atoms with van der Waals surface area (Å²) >= 11 is 0. The summed E-state index contributed by atoms with van der Waals surface area (Å²) in [7, 11) is -0.758. The molecule has 0 saturated heterocycles. The van der Waals surface area contributed by atoms with E-state index in [2.05, 4.69) is 81.6 Å². The first-order valence-corrected chi connectivity index (χ1v) is 11.5. The topological polar surface area (TPSA) is 9.23 Å². The second kappa shape index (κ2) is 9.35. The summed E-state index contributed by atoms with van der Waals surface area (Å²) in [4.78, 5) is 0. The number of benzene rings is 1. The zero-order valence-electron chi connectivity index (χ0n) is 16.3. The van der Waals surface area contributed by atoms with Crippen molar-refractivity contribution in [1.82, 2.24) is 0 Å². The molecule has 0 bridgehead atoms. The lowest BCUT2D eigenvalue weighted by Gasteiger charge is -2.22. The molecule has 1 aromatic carbocycles. The maximum absolute atomic E-state index is 5.87. The lowest BCUT2D eigenvalue weighted by molar-refractivity contribution is -0.0164. The molecular weight excluding hydrogens is 312 g/mol. The van der Waals surface area contributed by atoms with Crippen LogP contribution in [0.3, 0.4) is 0 Å². The van der Waals surface area contributed by atoms with Crippen LogP contribution in [0.25, 0.3) is 0 Å². The molecule has 0 aromatic heterocycles. The van der Waals surface area contributed by atoms with E-state index in [0.717, 1.165) is 31.4 Å². The van der Waals surface area contributed by atoms with E-state index in [4.69, 9.17) is 4.74 Å². The van der Waals surface area contributed by atoms with Gasteiger partial charge in [-0.15, -0.1) is 6.58 Å². The van der Waals surface area contributed by atoms with Crippen molar-refractivity contribution in [2.24, 2.45) is 5.92 Å². The maximum Gasteiger partial charge on any atom is 0.0598 e. The van der Waals surface area contributed by atoms with Crippen LogP contribution in [-0.4, -0.2) is 31.0 Å². The van der Waals surface area contributed by atoms with Crippen LogP contribution in [0, 0.1) is 17.1 Å². The number of ether oxygens (including phenoxy) is 1. The Hall–Kier alpha value is -1.17. The van der Waals surface area contributed by atoms with E-state index in [-0.39, 0.29) is 5.60 Å². The third-order valence-electron chi connectivity index (χ3n) is 3.56. The molecule has 1 atom stereocenters. The molecule has 0 spiro atoms. The number of hydrogen-bond acceptors (Lipinski definition) is 1. The van der Waals surface area contributed by atoms with Crippen LogP contribution in [-0.2, 0) is 11.2 Å². The normalized spacial score (nSPS) is 13.8. The lowest BCUT2D eigenvalue weighted by atomic mass is 9.99. The van der Waals surface area contributed by atoms with Crippen molar-refractivity contribution in [3.05, 3.63) is 48.0 Å². The van der Waals surface area contributed by atoms with Crippen LogP contribution in [0.4, 0.5) is 0 Å². The molecule has 1 aromatic rings. The fourth-order valence-electron chi connectivity index (χ4n) is 2.16. The summed E-state index contributed by atoms with van der Waals surface area (Å²) in [5.41, 5.74) is 2.42. The Kier molecular flexibility index (Phi) is 8.13. The van der Waals surface area contributed by atoms with Gasteiger partial charge in [0.15, 0.2) is 0 Å². The first-order valence-electron chi connectivity index (χ1n) is 8.65. The lowest BCUT2D eigenvalue weighted by Crippen LogP contribution is -2.23. The Morgan fingerprint density at radius 2 is 1.79 bits per heavy atom. The van der Waals surface area contributed by atoms with Gasteiger partial charge in [-0.05, 0) is 87.7 Å². The zero-order valence-corrected chi connectivity index (χ0v) is 17.1. The number of rotatable bonds is 7. The Morgan fingerprint density at radius 3 is 2.29 bits per heavy atom. The molecule has 134 valence electrons. The average molecular weight is 347 g/mol. The van der Waals surface area contributed by atoms with Crippen LogP contribution < -0.4 is 0 Å². The molecule has 0 amide bonds. The minimum atomic E-state index is -0.758. The van der Waals surface area contributed by atoms with Gasteiger partial charge in [0.05, 0.1) is 12.2 Å². The van der Waals surface area contributed by atoms with E-state index in [1.807, 2.05) is 6.08 Å². The molecule has 0 radical (unpaired) electrons. The first-order chi connectivity index (χ1) is 11.1. The van der Waals surface area contributed by atoms with Crippen molar-refractivity contribution in [3.63, 3.8) is 0 Å². The monoisotopic (exact) mass is 346 g/mol. The molecule has 0 heterocycles. The standard InChI is InChI=1S/C22H34OS/c1-8-19(18-23-22(2,3)4)10-9-11-20-12-14-21(15-13-20)16-17-24(5,6)7/h8,12-15,19H,1,9-11,18H2,2-7H3. The van der Waals surface area contributed by atoms with Gasteiger partial charge in [0.1, 0.15) is 0 Å². The summed E-state index contributed by atoms with van der Waals surface area (Å²) in [6, 6.07) is 8.69. The second-order valence-corrected chi connectivity index (χ2v) is 12.0. The van der Waals surface area contributed by atoms with Gasteiger partial charge in [-0.25, -0.2) is 0 Å². The molecule has 0 fully saturated rings. The van der Waals surface area contributed by atoms with Gasteiger partial charge in [-0.3, -0.25) is 0 Å². The van der Waals surface area contributed by atoms with Crippen LogP contribution in [0.1, 0.15) is 44.7 Å². The Balaban J connectivity index is 2.44. The number of aryl methyl sites for hydroxylation is 1. The van der Waals surface area contributed by atoms with E-state index in [1.165, 1.54) is 5.56 Å². The van der Waals surface area contributed by atoms with Crippen LogP contribution in [0.5, 0.6) is 0 Å². The fourth-order valence-corrected chi connectivity index (χ4v) is 2.59. The van der Waals surface area contributed by atoms with Crippen LogP contribution in [0.15, 0.2) is 36.9 Å². The predicted molar refractivity (Wildman–Crippen MR) is 111 cm³/mol. The van der Waals surface area contributed by atoms with Crippen molar-refractivity contribution in [2.75, 3.05) is 25.4 Å². The highest BCUT2D eigenvalue weighted by Crippen LogP contribution is 2.32. The second-order valence-electron chi connectivity index (χ2n) is 8.07. The minimum absolute atomic E-state index is 0.0765. The molecule has 0 saturated carbocycles. The third kappa shape index (κ3) is 9.85. The van der Waals surface area contributed by atoms with E-state index >= 15 is 0 Å². The molecule has 1 rings (SSSR count). The van der Waals surface area contributed by atoms with E-state index in [9.17, 15) is 0 Å². The molecule has 1 unspecified atom stereocenters. The van der Waals surface area contributed by atoms with E-state index in [1.54, 1.807) is 0 Å². The van der Waals surface area contributed by atoms with Gasteiger partial charge in [-0.1, -0.05) is 24.1 Å². The summed E-state index contributed by atoms with van der Waals surface area (Å²) in [5, 5.41) is 3.36. The fraction of sp³-hybridized carbons (Fsp3) is 0.545. The summed E-state index contributed by atoms with van der Waals surface area (Å²) in [5.74, 6) is 3.72. The van der Waals surface area contributed by atoms with Gasteiger partial charge in [0.25, 0.3) is 0 Å². The summed E-state index contributed by atoms with van der Waals surface area (Å²) < 4.78 is 5.87. The zero-order chi connectivity index (χ0) is 18.2. The van der Waals surface area contributed by atoms with Crippen molar-refractivity contribution in [2.45, 2.75) is 45.6 Å². The van der Waals surface area contributed by atoms with Crippen LogP contribution >= 0.6 is 10.0 Å². The average Bonchev–Trinajstić information content (AvgIpc) is 2.48. The van der Waals surface area contributed by atoms with Gasteiger partial charge in [-0.2, -0.15) is 10.0 Å². The van der Waals surface area contributed by atoms with E-state index in [0.29, 0.717) is 5.92 Å². The summed E-state index contributed by atoms with van der Waals surface area (Å²) in [6.07, 6.45) is 12.0. The Morgan fingerprint density at radius 1 is 1.17 bits per heavy atom. The highest BCUT2D eigenvalue weighted by atomic mass is 32.3. The Bertz CT molecular complexity index is 561. The van der Waals surface area contributed by atoms with Gasteiger partial charge >= 0.3 is 0 Å². The van der Waals surface area contributed by atoms with Crippen LogP contribution in [0.2, 0.25) is 0 Å². The molecule has 0 aliphatic heterocycles. The smallest absolute Gasteiger partial charge is 0.0598 e. The molecule has 0 aliphatic rings. The molecule has 24 heavy (non-hydrogen) atoms.